The van der Waals surface area contributed by atoms with Gasteiger partial charge in [-0.1, -0.05) is 30.3 Å². The first-order valence-electron chi connectivity index (χ1n) is 4.25. The summed E-state index contributed by atoms with van der Waals surface area (Å²) >= 11 is 1.52. The van der Waals surface area contributed by atoms with Crippen molar-refractivity contribution in [2.75, 3.05) is 0 Å². The highest BCUT2D eigenvalue weighted by Crippen LogP contribution is 2.26. The highest BCUT2D eigenvalue weighted by molar-refractivity contribution is 7.09. The fraction of sp³-hybridized carbons (Fsp3) is 0.0909. The van der Waals surface area contributed by atoms with E-state index < -0.39 is 0 Å². The van der Waals surface area contributed by atoms with Crippen molar-refractivity contribution in [3.8, 4) is 6.07 Å². The zero-order valence-electron chi connectivity index (χ0n) is 7.42. The summed E-state index contributed by atoms with van der Waals surface area (Å²) in [6.45, 7) is 0. The van der Waals surface area contributed by atoms with E-state index in [0.717, 1.165) is 10.4 Å². The van der Waals surface area contributed by atoms with Crippen LogP contribution in [0, 0.1) is 11.3 Å². The summed E-state index contributed by atoms with van der Waals surface area (Å²) in [7, 11) is 0. The largest absolute Gasteiger partial charge is 0.253 e. The number of thiazole rings is 1. The molecule has 0 fully saturated rings. The van der Waals surface area contributed by atoms with Gasteiger partial charge in [0, 0.05) is 11.1 Å². The molecule has 0 bridgehead atoms. The van der Waals surface area contributed by atoms with Gasteiger partial charge in [-0.3, -0.25) is 4.98 Å². The zero-order chi connectivity index (χ0) is 9.80. The van der Waals surface area contributed by atoms with Gasteiger partial charge < -0.3 is 0 Å². The number of nitrogens with zero attached hydrogens (tertiary/aromatic N) is 2. The molecule has 0 radical (unpaired) electrons. The molecule has 0 N–H and O–H groups in total. The molecule has 0 saturated carbocycles. The van der Waals surface area contributed by atoms with Gasteiger partial charge in [0.15, 0.2) is 0 Å². The highest BCUT2D eigenvalue weighted by atomic mass is 32.1. The number of benzene rings is 1. The number of aromatic nitrogens is 1. The summed E-state index contributed by atoms with van der Waals surface area (Å²) in [6, 6.07) is 12.1. The fourth-order valence-corrected chi connectivity index (χ4v) is 2.01. The first kappa shape index (κ1) is 8.92. The second-order valence-corrected chi connectivity index (χ2v) is 3.79. The van der Waals surface area contributed by atoms with Gasteiger partial charge in [0.1, 0.15) is 5.92 Å². The molecule has 2 aromatic rings. The standard InChI is InChI=1S/C11H8N2S/c12-6-10(11-7-13-8-14-11)9-4-2-1-3-5-9/h1-5,7-8,10H. The Kier molecular flexibility index (Phi) is 2.57. The van der Waals surface area contributed by atoms with Crippen LogP contribution in [0.2, 0.25) is 0 Å². The first-order chi connectivity index (χ1) is 6.92. The van der Waals surface area contributed by atoms with E-state index in [1.165, 1.54) is 11.3 Å². The van der Waals surface area contributed by atoms with E-state index in [1.807, 2.05) is 30.3 Å². The Morgan fingerprint density at radius 1 is 1.29 bits per heavy atom. The Hall–Kier alpha value is -1.66. The Bertz CT molecular complexity index is 428. The molecule has 2 rings (SSSR count). The van der Waals surface area contributed by atoms with Crippen molar-refractivity contribution in [1.82, 2.24) is 4.98 Å². The van der Waals surface area contributed by atoms with Gasteiger partial charge in [-0.15, -0.1) is 11.3 Å². The second-order valence-electron chi connectivity index (χ2n) is 2.88. The van der Waals surface area contributed by atoms with Crippen molar-refractivity contribution in [1.29, 1.82) is 5.26 Å². The highest BCUT2D eigenvalue weighted by Gasteiger charge is 2.13. The Labute approximate surface area is 86.5 Å². The lowest BCUT2D eigenvalue weighted by Gasteiger charge is -2.05. The third-order valence-electron chi connectivity index (χ3n) is 2.00. The minimum absolute atomic E-state index is 0.177. The van der Waals surface area contributed by atoms with Crippen molar-refractivity contribution in [2.24, 2.45) is 0 Å². The maximum Gasteiger partial charge on any atom is 0.107 e. The van der Waals surface area contributed by atoms with Gasteiger partial charge in [0.2, 0.25) is 0 Å². The molecule has 3 heteroatoms. The molecule has 0 aliphatic rings. The molecule has 1 heterocycles. The van der Waals surface area contributed by atoms with Crippen molar-refractivity contribution >= 4 is 11.3 Å². The van der Waals surface area contributed by atoms with Crippen molar-refractivity contribution in [3.05, 3.63) is 52.5 Å². The van der Waals surface area contributed by atoms with E-state index in [2.05, 4.69) is 11.1 Å². The molecule has 0 aliphatic carbocycles. The summed E-state index contributed by atoms with van der Waals surface area (Å²) < 4.78 is 0. The normalized spacial score (nSPS) is 11.9. The first-order valence-corrected chi connectivity index (χ1v) is 5.12. The predicted octanol–water partition coefficient (Wildman–Crippen LogP) is 2.80. The minimum atomic E-state index is -0.177. The molecule has 0 amide bonds. The van der Waals surface area contributed by atoms with Crippen LogP contribution in [0.15, 0.2) is 42.0 Å². The summed E-state index contributed by atoms with van der Waals surface area (Å²) in [5.74, 6) is -0.177. The number of hydrogen-bond donors (Lipinski definition) is 0. The molecule has 14 heavy (non-hydrogen) atoms. The maximum absolute atomic E-state index is 9.08. The lowest BCUT2D eigenvalue weighted by molar-refractivity contribution is 1.06. The molecule has 0 aliphatic heterocycles. The minimum Gasteiger partial charge on any atom is -0.253 e. The lowest BCUT2D eigenvalue weighted by Crippen LogP contribution is -1.94. The van der Waals surface area contributed by atoms with Gasteiger partial charge in [0.25, 0.3) is 0 Å². The van der Waals surface area contributed by atoms with Crippen molar-refractivity contribution in [3.63, 3.8) is 0 Å². The van der Waals surface area contributed by atoms with E-state index in [1.54, 1.807) is 11.7 Å². The van der Waals surface area contributed by atoms with E-state index in [9.17, 15) is 0 Å². The summed E-state index contributed by atoms with van der Waals surface area (Å²) in [6.07, 6.45) is 1.76. The lowest BCUT2D eigenvalue weighted by atomic mass is 10.00. The van der Waals surface area contributed by atoms with Crippen LogP contribution < -0.4 is 0 Å². The van der Waals surface area contributed by atoms with Gasteiger partial charge >= 0.3 is 0 Å². The SMILES string of the molecule is N#CC(c1ccccc1)c1cncs1. The molecule has 1 aromatic carbocycles. The Morgan fingerprint density at radius 3 is 2.64 bits per heavy atom. The third kappa shape index (κ3) is 1.66. The summed E-state index contributed by atoms with van der Waals surface area (Å²) in [4.78, 5) is 4.98. The topological polar surface area (TPSA) is 36.7 Å². The van der Waals surface area contributed by atoms with E-state index in [-0.39, 0.29) is 5.92 Å². The number of hydrogen-bond acceptors (Lipinski definition) is 3. The molecule has 0 spiro atoms. The van der Waals surface area contributed by atoms with Crippen LogP contribution in [0.25, 0.3) is 0 Å². The van der Waals surface area contributed by atoms with Crippen LogP contribution >= 0.6 is 11.3 Å². The zero-order valence-corrected chi connectivity index (χ0v) is 8.24. The fourth-order valence-electron chi connectivity index (χ4n) is 1.32. The van der Waals surface area contributed by atoms with Gasteiger partial charge in [-0.2, -0.15) is 5.26 Å². The Morgan fingerprint density at radius 2 is 2.07 bits per heavy atom. The predicted molar refractivity (Wildman–Crippen MR) is 56.0 cm³/mol. The quantitative estimate of drug-likeness (QED) is 0.747. The molecule has 1 atom stereocenters. The third-order valence-corrected chi connectivity index (χ3v) is 2.84. The van der Waals surface area contributed by atoms with Crippen LogP contribution in [-0.4, -0.2) is 4.98 Å². The van der Waals surface area contributed by atoms with E-state index >= 15 is 0 Å². The van der Waals surface area contributed by atoms with Crippen LogP contribution in [0.1, 0.15) is 16.4 Å². The van der Waals surface area contributed by atoms with Crippen LogP contribution in [0.4, 0.5) is 0 Å². The average Bonchev–Trinajstić information content (AvgIpc) is 2.74. The van der Waals surface area contributed by atoms with Gasteiger partial charge in [-0.05, 0) is 5.56 Å². The van der Waals surface area contributed by atoms with Crippen LogP contribution in [-0.2, 0) is 0 Å². The van der Waals surface area contributed by atoms with Crippen molar-refractivity contribution < 1.29 is 0 Å². The van der Waals surface area contributed by atoms with Crippen LogP contribution in [0.3, 0.4) is 0 Å². The molecular formula is C11H8N2S. The summed E-state index contributed by atoms with van der Waals surface area (Å²) in [5, 5.41) is 9.08. The monoisotopic (exact) mass is 200 g/mol. The van der Waals surface area contributed by atoms with E-state index in [4.69, 9.17) is 5.26 Å². The molecule has 2 nitrogen and oxygen atoms in total. The number of rotatable bonds is 2. The molecular weight excluding hydrogens is 192 g/mol. The molecule has 68 valence electrons. The average molecular weight is 200 g/mol. The smallest absolute Gasteiger partial charge is 0.107 e. The number of nitriles is 1. The molecule has 1 aromatic heterocycles. The van der Waals surface area contributed by atoms with E-state index in [0.29, 0.717) is 0 Å². The molecule has 0 saturated heterocycles. The van der Waals surface area contributed by atoms with Crippen LogP contribution in [0.5, 0.6) is 0 Å². The maximum atomic E-state index is 9.08. The summed E-state index contributed by atoms with van der Waals surface area (Å²) in [5.41, 5.74) is 2.78. The molecule has 1 unspecified atom stereocenters. The van der Waals surface area contributed by atoms with Gasteiger partial charge in [0.05, 0.1) is 11.6 Å². The van der Waals surface area contributed by atoms with Crippen molar-refractivity contribution in [2.45, 2.75) is 5.92 Å². The Balaban J connectivity index is 2.38. The second kappa shape index (κ2) is 4.03. The van der Waals surface area contributed by atoms with Gasteiger partial charge in [-0.25, -0.2) is 0 Å².